The molecule has 126 valence electrons. The first-order chi connectivity index (χ1) is 11.6. The molecule has 0 unspecified atom stereocenters. The fourth-order valence-electron chi connectivity index (χ4n) is 2.72. The number of hydrogen-bond acceptors (Lipinski definition) is 7. The third-order valence-electron chi connectivity index (χ3n) is 3.81. The lowest BCUT2D eigenvalue weighted by Crippen LogP contribution is -2.30. The van der Waals surface area contributed by atoms with Crippen LogP contribution in [0.2, 0.25) is 0 Å². The number of nitrogens with zero attached hydrogens (tertiary/aromatic N) is 4. The summed E-state index contributed by atoms with van der Waals surface area (Å²) in [5.74, 6) is 0.0807. The van der Waals surface area contributed by atoms with E-state index in [0.29, 0.717) is 23.8 Å². The molecule has 1 atom stereocenters. The highest BCUT2D eigenvalue weighted by Gasteiger charge is 2.34. The van der Waals surface area contributed by atoms with Gasteiger partial charge < -0.3 is 14.8 Å². The van der Waals surface area contributed by atoms with E-state index in [-0.39, 0.29) is 6.61 Å². The Kier molecular flexibility index (Phi) is 4.57. The van der Waals surface area contributed by atoms with E-state index in [1.807, 2.05) is 38.1 Å². The van der Waals surface area contributed by atoms with Gasteiger partial charge in [-0.3, -0.25) is 0 Å². The lowest BCUT2D eigenvalue weighted by molar-refractivity contribution is -0.140. The molecule has 0 saturated heterocycles. The highest BCUT2D eigenvalue weighted by atomic mass is 16.6. The van der Waals surface area contributed by atoms with E-state index in [9.17, 15) is 4.79 Å². The number of carbonyl (C=O) groups is 1. The van der Waals surface area contributed by atoms with Crippen LogP contribution in [0.1, 0.15) is 24.1 Å². The number of tetrazole rings is 1. The van der Waals surface area contributed by atoms with Crippen LogP contribution in [-0.2, 0) is 14.3 Å². The van der Waals surface area contributed by atoms with Crippen molar-refractivity contribution in [3.63, 3.8) is 0 Å². The minimum absolute atomic E-state index is 0.190. The number of allylic oxidation sites excluding steroid dienone is 1. The molecule has 0 saturated carbocycles. The van der Waals surface area contributed by atoms with Crippen molar-refractivity contribution in [1.82, 2.24) is 20.2 Å². The van der Waals surface area contributed by atoms with E-state index in [1.54, 1.807) is 11.8 Å². The Morgan fingerprint density at radius 1 is 1.33 bits per heavy atom. The van der Waals surface area contributed by atoms with E-state index in [4.69, 9.17) is 9.47 Å². The van der Waals surface area contributed by atoms with E-state index in [2.05, 4.69) is 20.8 Å². The number of anilines is 1. The Bertz CT molecular complexity index is 784. The van der Waals surface area contributed by atoms with Crippen LogP contribution in [0.25, 0.3) is 0 Å². The predicted octanol–water partition coefficient (Wildman–Crippen LogP) is 1.46. The normalized spacial score (nSPS) is 16.5. The van der Waals surface area contributed by atoms with Gasteiger partial charge in [-0.05, 0) is 29.8 Å². The molecule has 0 amide bonds. The van der Waals surface area contributed by atoms with E-state index in [1.165, 1.54) is 0 Å². The number of nitrogens with one attached hydrogen (secondary N) is 1. The number of rotatable bonds is 5. The number of ether oxygens (including phenoxy) is 2. The molecular weight excluding hydrogens is 310 g/mol. The zero-order valence-electron chi connectivity index (χ0n) is 13.8. The van der Waals surface area contributed by atoms with Crippen LogP contribution in [0.3, 0.4) is 0 Å². The number of fused-ring (bicyclic) bond motifs is 1. The molecule has 0 radical (unpaired) electrons. The van der Waals surface area contributed by atoms with E-state index < -0.39 is 12.0 Å². The highest BCUT2D eigenvalue weighted by Crippen LogP contribution is 2.34. The van der Waals surface area contributed by atoms with Crippen LogP contribution in [0.5, 0.6) is 0 Å². The number of aromatic nitrogens is 4. The van der Waals surface area contributed by atoms with Crippen molar-refractivity contribution in [3.8, 4) is 0 Å². The summed E-state index contributed by atoms with van der Waals surface area (Å²) in [6.07, 6.45) is 0. The first kappa shape index (κ1) is 16.1. The van der Waals surface area contributed by atoms with Crippen molar-refractivity contribution in [3.05, 3.63) is 46.7 Å². The molecule has 24 heavy (non-hydrogen) atoms. The van der Waals surface area contributed by atoms with Gasteiger partial charge in [-0.1, -0.05) is 34.9 Å². The summed E-state index contributed by atoms with van der Waals surface area (Å²) < 4.78 is 11.8. The van der Waals surface area contributed by atoms with Gasteiger partial charge >= 0.3 is 5.97 Å². The van der Waals surface area contributed by atoms with Gasteiger partial charge in [-0.2, -0.15) is 4.68 Å². The molecule has 0 spiro atoms. The Morgan fingerprint density at radius 2 is 2.17 bits per heavy atom. The Hall–Kier alpha value is -2.74. The number of carbonyl (C=O) groups excluding carboxylic acids is 1. The zero-order chi connectivity index (χ0) is 17.1. The maximum atomic E-state index is 12.6. The minimum Gasteiger partial charge on any atom is -0.460 e. The number of methoxy groups -OCH3 is 1. The molecule has 1 N–H and O–H groups in total. The maximum Gasteiger partial charge on any atom is 0.338 e. The third-order valence-corrected chi connectivity index (χ3v) is 3.81. The van der Waals surface area contributed by atoms with Gasteiger partial charge in [0.05, 0.1) is 12.2 Å². The fourth-order valence-corrected chi connectivity index (χ4v) is 2.72. The van der Waals surface area contributed by atoms with Crippen LogP contribution < -0.4 is 5.32 Å². The summed E-state index contributed by atoms with van der Waals surface area (Å²) in [6.45, 7) is 4.35. The van der Waals surface area contributed by atoms with Crippen LogP contribution in [-0.4, -0.2) is 46.5 Å². The average molecular weight is 329 g/mol. The van der Waals surface area contributed by atoms with Gasteiger partial charge in [0.15, 0.2) is 0 Å². The Labute approximate surface area is 139 Å². The van der Waals surface area contributed by atoms with Crippen molar-refractivity contribution in [1.29, 1.82) is 0 Å². The molecule has 0 bridgehead atoms. The zero-order valence-corrected chi connectivity index (χ0v) is 13.8. The standard InChI is InChI=1S/C16H19N5O3/c1-10-5-4-6-12(9-10)14-13(15(22)24-8-7-23-3)11(2)17-16-18-19-20-21(14)16/h4-6,9,14H,7-8H2,1-3H3,(H,17,18,20)/t14-/m1/s1. The molecule has 0 fully saturated rings. The number of esters is 1. The molecule has 2 heterocycles. The summed E-state index contributed by atoms with van der Waals surface area (Å²) >= 11 is 0. The molecule has 1 aliphatic heterocycles. The van der Waals surface area contributed by atoms with Gasteiger partial charge in [-0.15, -0.1) is 0 Å². The largest absolute Gasteiger partial charge is 0.460 e. The van der Waals surface area contributed by atoms with Crippen LogP contribution >= 0.6 is 0 Å². The Balaban J connectivity index is 2.02. The van der Waals surface area contributed by atoms with E-state index in [0.717, 1.165) is 11.1 Å². The van der Waals surface area contributed by atoms with Crippen molar-refractivity contribution in [2.24, 2.45) is 0 Å². The molecule has 0 aliphatic carbocycles. The van der Waals surface area contributed by atoms with Crippen molar-refractivity contribution in [2.75, 3.05) is 25.6 Å². The van der Waals surface area contributed by atoms with Gasteiger partial charge in [0.1, 0.15) is 12.6 Å². The van der Waals surface area contributed by atoms with Crippen LogP contribution in [0, 0.1) is 6.92 Å². The second-order valence-corrected chi connectivity index (χ2v) is 5.56. The van der Waals surface area contributed by atoms with Crippen LogP contribution in [0.15, 0.2) is 35.5 Å². The summed E-state index contributed by atoms with van der Waals surface area (Å²) in [7, 11) is 1.56. The second-order valence-electron chi connectivity index (χ2n) is 5.56. The maximum absolute atomic E-state index is 12.6. The number of benzene rings is 1. The van der Waals surface area contributed by atoms with Gasteiger partial charge in [-0.25, -0.2) is 4.79 Å². The summed E-state index contributed by atoms with van der Waals surface area (Å²) in [4.78, 5) is 12.6. The smallest absolute Gasteiger partial charge is 0.338 e. The quantitative estimate of drug-likeness (QED) is 0.656. The predicted molar refractivity (Wildman–Crippen MR) is 86.3 cm³/mol. The third kappa shape index (κ3) is 3.00. The molecular formula is C16H19N5O3. The summed E-state index contributed by atoms with van der Waals surface area (Å²) in [5, 5.41) is 14.8. The number of hydrogen-bond donors (Lipinski definition) is 1. The first-order valence-electron chi connectivity index (χ1n) is 7.60. The van der Waals surface area contributed by atoms with Gasteiger partial charge in [0, 0.05) is 12.8 Å². The molecule has 1 aliphatic rings. The fraction of sp³-hybridized carbons (Fsp3) is 0.375. The first-order valence-corrected chi connectivity index (χ1v) is 7.60. The monoisotopic (exact) mass is 329 g/mol. The topological polar surface area (TPSA) is 91.2 Å². The van der Waals surface area contributed by atoms with Crippen LogP contribution in [0.4, 0.5) is 5.95 Å². The molecule has 1 aromatic heterocycles. The number of aryl methyl sites for hydroxylation is 1. The molecule has 3 rings (SSSR count). The molecule has 2 aromatic rings. The summed E-state index contributed by atoms with van der Waals surface area (Å²) in [5.41, 5.74) is 3.16. The average Bonchev–Trinajstić information content (AvgIpc) is 3.01. The van der Waals surface area contributed by atoms with Crippen molar-refractivity contribution >= 4 is 11.9 Å². The highest BCUT2D eigenvalue weighted by molar-refractivity contribution is 5.92. The summed E-state index contributed by atoms with van der Waals surface area (Å²) in [6, 6.07) is 7.46. The molecule has 1 aromatic carbocycles. The minimum atomic E-state index is -0.439. The molecule has 8 nitrogen and oxygen atoms in total. The Morgan fingerprint density at radius 3 is 2.92 bits per heavy atom. The van der Waals surface area contributed by atoms with Crippen molar-refractivity contribution in [2.45, 2.75) is 19.9 Å². The van der Waals surface area contributed by atoms with Gasteiger partial charge in [0.25, 0.3) is 0 Å². The lowest BCUT2D eigenvalue weighted by atomic mass is 9.95. The lowest BCUT2D eigenvalue weighted by Gasteiger charge is -2.27. The van der Waals surface area contributed by atoms with Gasteiger partial charge in [0.2, 0.25) is 5.95 Å². The van der Waals surface area contributed by atoms with E-state index >= 15 is 0 Å². The molecule has 8 heteroatoms. The second kappa shape index (κ2) is 6.79. The SMILES string of the molecule is COCCOC(=O)C1=C(C)Nc2nnnn2[C@@H]1c1cccc(C)c1. The van der Waals surface area contributed by atoms with Crippen molar-refractivity contribution < 1.29 is 14.3 Å².